The highest BCUT2D eigenvalue weighted by Crippen LogP contribution is 2.32. The molecule has 4 N–H and O–H groups in total. The maximum atomic E-state index is 12.6. The van der Waals surface area contributed by atoms with Crippen molar-refractivity contribution in [2.45, 2.75) is 46.2 Å². The summed E-state index contributed by atoms with van der Waals surface area (Å²) < 4.78 is 15.9. The van der Waals surface area contributed by atoms with Crippen LogP contribution < -0.4 is 26.0 Å². The normalized spacial score (nSPS) is 11.5. The molecule has 216 valence electrons. The first-order valence-electron chi connectivity index (χ1n) is 12.9. The summed E-state index contributed by atoms with van der Waals surface area (Å²) in [7, 11) is 1.52. The second-order valence-electron chi connectivity index (χ2n) is 10.4. The minimum absolute atomic E-state index is 0.0112. The summed E-state index contributed by atoms with van der Waals surface area (Å²) >= 11 is 0. The highest BCUT2D eigenvalue weighted by atomic mass is 16.5. The Morgan fingerprint density at radius 2 is 1.85 bits per heavy atom. The van der Waals surface area contributed by atoms with Crippen LogP contribution in [0.3, 0.4) is 0 Å². The molecule has 41 heavy (non-hydrogen) atoms. The van der Waals surface area contributed by atoms with Gasteiger partial charge in [0.2, 0.25) is 5.91 Å². The van der Waals surface area contributed by atoms with Gasteiger partial charge in [0.25, 0.3) is 0 Å². The second kappa shape index (κ2) is 14.4. The molecule has 4 amide bonds. The van der Waals surface area contributed by atoms with E-state index in [1.807, 2.05) is 26.8 Å². The van der Waals surface area contributed by atoms with Gasteiger partial charge in [-0.15, -0.1) is 0 Å². The van der Waals surface area contributed by atoms with Crippen molar-refractivity contribution in [1.82, 2.24) is 15.6 Å². The number of urea groups is 1. The first-order valence-corrected chi connectivity index (χ1v) is 12.9. The van der Waals surface area contributed by atoms with E-state index >= 15 is 0 Å². The Labute approximate surface area is 238 Å². The predicted molar refractivity (Wildman–Crippen MR) is 152 cm³/mol. The third kappa shape index (κ3) is 10.2. The number of hydrogen-bond acceptors (Lipinski definition) is 8. The first kappa shape index (κ1) is 30.5. The predicted octanol–water partition coefficient (Wildman–Crippen LogP) is 5.06. The average molecular weight is 563 g/mol. The molecule has 0 fully saturated rings. The van der Waals surface area contributed by atoms with E-state index < -0.39 is 18.2 Å². The summed E-state index contributed by atoms with van der Waals surface area (Å²) in [4.78, 5) is 40.9. The lowest BCUT2D eigenvalue weighted by Gasteiger charge is -2.21. The van der Waals surface area contributed by atoms with Crippen LogP contribution in [0.4, 0.5) is 21.0 Å². The van der Waals surface area contributed by atoms with Gasteiger partial charge in [0, 0.05) is 30.4 Å². The number of nitriles is 1. The summed E-state index contributed by atoms with van der Waals surface area (Å²) in [6.07, 6.45) is 2.49. The molecule has 0 aliphatic rings. The van der Waals surface area contributed by atoms with Crippen molar-refractivity contribution in [3.63, 3.8) is 0 Å². The van der Waals surface area contributed by atoms with Crippen molar-refractivity contribution in [1.29, 1.82) is 5.26 Å². The number of ether oxygens (including phenoxy) is 2. The molecule has 0 aliphatic heterocycles. The Morgan fingerprint density at radius 3 is 2.51 bits per heavy atom. The van der Waals surface area contributed by atoms with Gasteiger partial charge in [-0.1, -0.05) is 32.9 Å². The van der Waals surface area contributed by atoms with Crippen LogP contribution in [0.15, 0.2) is 59.5 Å². The van der Waals surface area contributed by atoms with Crippen molar-refractivity contribution in [2.24, 2.45) is 5.41 Å². The number of carbonyl (C=O) groups excluding carboxylic acids is 3. The molecular weight excluding hydrogens is 528 g/mol. The van der Waals surface area contributed by atoms with Crippen molar-refractivity contribution in [3.8, 4) is 23.1 Å². The number of nitrogens with one attached hydrogen (secondary N) is 4. The minimum atomic E-state index is -0.697. The fourth-order valence-corrected chi connectivity index (χ4v) is 3.80. The highest BCUT2D eigenvalue weighted by Gasteiger charge is 2.20. The topological polar surface area (TPSA) is 168 Å². The molecule has 0 bridgehead atoms. The summed E-state index contributed by atoms with van der Waals surface area (Å²) in [6, 6.07) is 13.0. The number of anilines is 2. The molecule has 0 unspecified atom stereocenters. The lowest BCUT2D eigenvalue weighted by Crippen LogP contribution is -2.40. The fourth-order valence-electron chi connectivity index (χ4n) is 3.80. The number of nitrogens with zero attached hydrogens (tertiary/aromatic N) is 2. The van der Waals surface area contributed by atoms with Gasteiger partial charge in [-0.2, -0.15) is 5.26 Å². The third-order valence-electron chi connectivity index (χ3n) is 5.59. The maximum Gasteiger partial charge on any atom is 0.407 e. The number of methoxy groups -OCH3 is 1. The van der Waals surface area contributed by atoms with Crippen LogP contribution in [0, 0.1) is 16.7 Å². The smallest absolute Gasteiger partial charge is 0.407 e. The van der Waals surface area contributed by atoms with Gasteiger partial charge < -0.3 is 35.2 Å². The van der Waals surface area contributed by atoms with Crippen molar-refractivity contribution in [3.05, 3.63) is 60.6 Å². The number of amides is 4. The zero-order valence-corrected chi connectivity index (χ0v) is 23.4. The quantitative estimate of drug-likeness (QED) is 0.252. The van der Waals surface area contributed by atoms with Gasteiger partial charge in [0.1, 0.15) is 12.4 Å². The third-order valence-corrected chi connectivity index (χ3v) is 5.59. The van der Waals surface area contributed by atoms with Gasteiger partial charge in [-0.25, -0.2) is 14.6 Å². The lowest BCUT2D eigenvalue weighted by molar-refractivity contribution is -0.123. The van der Waals surface area contributed by atoms with E-state index in [1.165, 1.54) is 13.5 Å². The number of hydrogen-bond donors (Lipinski definition) is 4. The van der Waals surface area contributed by atoms with E-state index in [9.17, 15) is 14.4 Å². The number of rotatable bonds is 11. The van der Waals surface area contributed by atoms with Crippen LogP contribution in [0.25, 0.3) is 11.3 Å². The van der Waals surface area contributed by atoms with Crippen LogP contribution in [0.1, 0.15) is 39.2 Å². The van der Waals surface area contributed by atoms with Crippen LogP contribution >= 0.6 is 0 Å². The number of carbonyl (C=O) groups is 3. The van der Waals surface area contributed by atoms with E-state index in [-0.39, 0.29) is 37.3 Å². The van der Waals surface area contributed by atoms with E-state index in [0.717, 1.165) is 0 Å². The standard InChI is InChI=1S/C29H34N6O6/c1-29(2,3)14-26(36)33-22(10-11-30)17-40-28(38)32-15-19-6-5-7-20(12-19)34-27(37)35-21-8-9-23(24(13-21)39-4)25-16-31-18-41-25/h5-9,12-13,16,18,22H,10,14-15,17H2,1-4H3,(H,32,38)(H,33,36)(H2,34,35,37)/t22-/m0/s1. The summed E-state index contributed by atoms with van der Waals surface area (Å²) in [5, 5.41) is 19.9. The molecule has 1 aromatic heterocycles. The zero-order valence-electron chi connectivity index (χ0n) is 23.4. The molecule has 3 aromatic rings. The molecule has 12 nitrogen and oxygen atoms in total. The SMILES string of the molecule is COc1cc(NC(=O)Nc2cccc(CNC(=O)OC[C@H](CC#N)NC(=O)CC(C)(C)C)c2)ccc1-c1cnco1. The average Bonchev–Trinajstić information content (AvgIpc) is 3.44. The highest BCUT2D eigenvalue weighted by molar-refractivity contribution is 6.00. The number of oxazole rings is 1. The molecule has 0 saturated heterocycles. The Morgan fingerprint density at radius 1 is 1.10 bits per heavy atom. The number of benzene rings is 2. The Balaban J connectivity index is 1.49. The monoisotopic (exact) mass is 562 g/mol. The minimum Gasteiger partial charge on any atom is -0.496 e. The maximum absolute atomic E-state index is 12.6. The Hall–Kier alpha value is -5.05. The molecule has 1 atom stereocenters. The van der Waals surface area contributed by atoms with E-state index in [4.69, 9.17) is 19.2 Å². The molecule has 0 radical (unpaired) electrons. The lowest BCUT2D eigenvalue weighted by atomic mass is 9.92. The van der Waals surface area contributed by atoms with Crippen molar-refractivity contribution < 1.29 is 28.3 Å². The molecule has 12 heteroatoms. The molecular formula is C29H34N6O6. The van der Waals surface area contributed by atoms with Gasteiger partial charge in [-0.05, 0) is 35.2 Å². The van der Waals surface area contributed by atoms with Crippen LogP contribution in [0.2, 0.25) is 0 Å². The van der Waals surface area contributed by atoms with Gasteiger partial charge in [0.05, 0.1) is 37.4 Å². The zero-order chi connectivity index (χ0) is 29.8. The Kier molecular flexibility index (Phi) is 10.7. The molecule has 2 aromatic carbocycles. The molecule has 0 aliphatic carbocycles. The van der Waals surface area contributed by atoms with Gasteiger partial charge in [0.15, 0.2) is 12.2 Å². The first-order chi connectivity index (χ1) is 19.6. The molecule has 3 rings (SSSR count). The number of aromatic nitrogens is 1. The van der Waals surface area contributed by atoms with Gasteiger partial charge in [-0.3, -0.25) is 4.79 Å². The summed E-state index contributed by atoms with van der Waals surface area (Å²) in [5.74, 6) is 0.834. The van der Waals surface area contributed by atoms with E-state index in [1.54, 1.807) is 48.7 Å². The van der Waals surface area contributed by atoms with Crippen molar-refractivity contribution in [2.75, 3.05) is 24.4 Å². The Bertz CT molecular complexity index is 1380. The molecule has 0 spiro atoms. The second-order valence-corrected chi connectivity index (χ2v) is 10.4. The van der Waals surface area contributed by atoms with Gasteiger partial charge >= 0.3 is 12.1 Å². The number of alkyl carbamates (subject to hydrolysis) is 1. The molecule has 0 saturated carbocycles. The largest absolute Gasteiger partial charge is 0.496 e. The summed E-state index contributed by atoms with van der Waals surface area (Å²) in [6.45, 7) is 5.80. The van der Waals surface area contributed by atoms with E-state index in [2.05, 4.69) is 26.3 Å². The summed E-state index contributed by atoms with van der Waals surface area (Å²) in [5.41, 5.74) is 2.22. The van der Waals surface area contributed by atoms with E-state index in [0.29, 0.717) is 34.0 Å². The molecule has 1 heterocycles. The van der Waals surface area contributed by atoms with Crippen LogP contribution in [0.5, 0.6) is 5.75 Å². The van der Waals surface area contributed by atoms with Crippen molar-refractivity contribution >= 4 is 29.4 Å². The van der Waals surface area contributed by atoms with Crippen LogP contribution in [-0.4, -0.2) is 42.8 Å². The van der Waals surface area contributed by atoms with Crippen LogP contribution in [-0.2, 0) is 16.1 Å². The fraction of sp³-hybridized carbons (Fsp3) is 0.345.